The first-order valence-corrected chi connectivity index (χ1v) is 9.33. The Kier molecular flexibility index (Phi) is 6.86. The number of nitrogens with zero attached hydrogens (tertiary/aromatic N) is 1. The number of hydrogen-bond donors (Lipinski definition) is 3. The number of nitrogens with one attached hydrogen (secondary N) is 2. The van der Waals surface area contributed by atoms with Crippen molar-refractivity contribution in [3.05, 3.63) is 88.9 Å². The zero-order chi connectivity index (χ0) is 22.4. The molecule has 0 saturated carbocycles. The minimum Gasteiger partial charge on any atom is -0.395 e. The highest BCUT2D eigenvalue weighted by Gasteiger charge is 2.30. The summed E-state index contributed by atoms with van der Waals surface area (Å²) in [5.74, 6) is -0.994. The summed E-state index contributed by atoms with van der Waals surface area (Å²) in [6, 6.07) is 12.3. The molecule has 1 amide bonds. The van der Waals surface area contributed by atoms with E-state index in [0.717, 1.165) is 23.8 Å². The molecule has 31 heavy (non-hydrogen) atoms. The third kappa shape index (κ3) is 6.02. The Bertz CT molecular complexity index is 1070. The van der Waals surface area contributed by atoms with Crippen molar-refractivity contribution < 1.29 is 27.5 Å². The second-order valence-corrected chi connectivity index (χ2v) is 6.72. The molecule has 0 fully saturated rings. The predicted molar refractivity (Wildman–Crippen MR) is 108 cm³/mol. The van der Waals surface area contributed by atoms with Crippen molar-refractivity contribution in [1.29, 1.82) is 0 Å². The average molecular weight is 433 g/mol. The van der Waals surface area contributed by atoms with Crippen LogP contribution in [0.15, 0.2) is 60.8 Å². The summed E-state index contributed by atoms with van der Waals surface area (Å²) in [7, 11) is 0. The van der Waals surface area contributed by atoms with Gasteiger partial charge in [0.25, 0.3) is 5.91 Å². The first-order valence-electron chi connectivity index (χ1n) is 9.33. The number of alkyl halides is 3. The van der Waals surface area contributed by atoms with Crippen LogP contribution < -0.4 is 10.6 Å². The van der Waals surface area contributed by atoms with Crippen LogP contribution in [0, 0.1) is 5.82 Å². The third-order valence-electron chi connectivity index (χ3n) is 4.37. The summed E-state index contributed by atoms with van der Waals surface area (Å²) in [6.45, 7) is -0.275. The molecule has 1 aromatic heterocycles. The Morgan fingerprint density at radius 2 is 1.81 bits per heavy atom. The molecule has 0 aliphatic rings. The number of aliphatic hydroxyl groups is 1. The van der Waals surface area contributed by atoms with E-state index in [1.54, 1.807) is 18.2 Å². The summed E-state index contributed by atoms with van der Waals surface area (Å²) >= 11 is 0. The Morgan fingerprint density at radius 1 is 1.03 bits per heavy atom. The van der Waals surface area contributed by atoms with Crippen LogP contribution in [0.5, 0.6) is 0 Å². The number of carbonyl (C=O) groups is 1. The maximum atomic E-state index is 14.0. The van der Waals surface area contributed by atoms with Crippen LogP contribution in [0.25, 0.3) is 0 Å². The minimum atomic E-state index is -4.41. The number of amides is 1. The van der Waals surface area contributed by atoms with Crippen LogP contribution in [0.3, 0.4) is 0 Å². The quantitative estimate of drug-likeness (QED) is 0.486. The molecule has 2 aromatic carbocycles. The van der Waals surface area contributed by atoms with E-state index in [9.17, 15) is 22.4 Å². The van der Waals surface area contributed by atoms with Gasteiger partial charge < -0.3 is 15.7 Å². The molecule has 0 unspecified atom stereocenters. The largest absolute Gasteiger partial charge is 0.416 e. The summed E-state index contributed by atoms with van der Waals surface area (Å²) in [4.78, 5) is 16.2. The van der Waals surface area contributed by atoms with Crippen LogP contribution in [0.1, 0.15) is 27.0 Å². The highest BCUT2D eigenvalue weighted by Crippen LogP contribution is 2.30. The number of rotatable bonds is 7. The van der Waals surface area contributed by atoms with Gasteiger partial charge in [0.05, 0.1) is 17.7 Å². The van der Waals surface area contributed by atoms with Gasteiger partial charge in [0.2, 0.25) is 0 Å². The van der Waals surface area contributed by atoms with Crippen molar-refractivity contribution in [2.24, 2.45) is 0 Å². The number of anilines is 2. The number of halogens is 4. The molecule has 1 heterocycles. The highest BCUT2D eigenvalue weighted by atomic mass is 19.4. The molecule has 0 bridgehead atoms. The van der Waals surface area contributed by atoms with E-state index >= 15 is 0 Å². The van der Waals surface area contributed by atoms with Crippen molar-refractivity contribution in [2.45, 2.75) is 12.6 Å². The third-order valence-corrected chi connectivity index (χ3v) is 4.37. The van der Waals surface area contributed by atoms with Gasteiger partial charge in [-0.3, -0.25) is 4.79 Å². The normalized spacial score (nSPS) is 11.3. The van der Waals surface area contributed by atoms with Crippen LogP contribution in [0.2, 0.25) is 0 Å². The number of aliphatic hydroxyl groups excluding tert-OH is 1. The second-order valence-electron chi connectivity index (χ2n) is 6.72. The number of pyridine rings is 1. The molecule has 0 atom stereocenters. The Hall–Kier alpha value is -3.46. The molecule has 3 N–H and O–H groups in total. The zero-order valence-corrected chi connectivity index (χ0v) is 16.2. The predicted octanol–water partition coefficient (Wildman–Crippen LogP) is 4.30. The van der Waals surface area contributed by atoms with E-state index in [1.165, 1.54) is 24.4 Å². The summed E-state index contributed by atoms with van der Waals surface area (Å²) in [5, 5.41) is 14.1. The van der Waals surface area contributed by atoms with Crippen molar-refractivity contribution >= 4 is 17.4 Å². The van der Waals surface area contributed by atoms with Gasteiger partial charge in [0, 0.05) is 18.4 Å². The summed E-state index contributed by atoms with van der Waals surface area (Å²) < 4.78 is 52.7. The van der Waals surface area contributed by atoms with E-state index in [2.05, 4.69) is 15.6 Å². The van der Waals surface area contributed by atoms with Gasteiger partial charge in [-0.25, -0.2) is 9.37 Å². The van der Waals surface area contributed by atoms with Gasteiger partial charge in [0.15, 0.2) is 0 Å². The number of benzene rings is 2. The van der Waals surface area contributed by atoms with Crippen molar-refractivity contribution in [1.82, 2.24) is 10.3 Å². The fourth-order valence-electron chi connectivity index (χ4n) is 2.94. The van der Waals surface area contributed by atoms with Gasteiger partial charge in [-0.15, -0.1) is 0 Å². The SMILES string of the molecule is O=C(NCCO)c1cc(Nc2cc(Cc3cccc(C(F)(F)F)c3)ccn2)ccc1F. The molecule has 0 radical (unpaired) electrons. The molecule has 0 aliphatic carbocycles. The monoisotopic (exact) mass is 433 g/mol. The second kappa shape index (κ2) is 9.57. The van der Waals surface area contributed by atoms with Gasteiger partial charge in [-0.05, 0) is 53.9 Å². The molecule has 0 saturated heterocycles. The maximum absolute atomic E-state index is 14.0. The topological polar surface area (TPSA) is 74.2 Å². The molecule has 3 aromatic rings. The highest BCUT2D eigenvalue weighted by molar-refractivity contribution is 5.95. The maximum Gasteiger partial charge on any atom is 0.416 e. The van der Waals surface area contributed by atoms with Crippen LogP contribution >= 0.6 is 0 Å². The summed E-state index contributed by atoms with van der Waals surface area (Å²) in [5.41, 5.74) is 0.713. The first-order chi connectivity index (χ1) is 14.8. The van der Waals surface area contributed by atoms with E-state index < -0.39 is 23.5 Å². The molecular formula is C22H19F4N3O2. The van der Waals surface area contributed by atoms with E-state index in [0.29, 0.717) is 17.1 Å². The minimum absolute atomic E-state index is 0.00489. The van der Waals surface area contributed by atoms with E-state index in [4.69, 9.17) is 5.11 Å². The smallest absolute Gasteiger partial charge is 0.395 e. The number of aromatic nitrogens is 1. The first kappa shape index (κ1) is 22.2. The molecule has 9 heteroatoms. The van der Waals surface area contributed by atoms with Gasteiger partial charge in [-0.2, -0.15) is 13.2 Å². The van der Waals surface area contributed by atoms with E-state index in [-0.39, 0.29) is 25.1 Å². The number of hydrogen-bond acceptors (Lipinski definition) is 4. The molecule has 3 rings (SSSR count). The standard InChI is InChI=1S/C22H19F4N3O2/c23-19-5-4-17(13-18(19)21(31)28-8-9-30)29-20-12-15(6-7-27-20)10-14-2-1-3-16(11-14)22(24,25)26/h1-7,11-13,30H,8-10H2,(H,27,29)(H,28,31). The molecule has 162 valence electrons. The lowest BCUT2D eigenvalue weighted by molar-refractivity contribution is -0.137. The Morgan fingerprint density at radius 3 is 2.55 bits per heavy atom. The Labute approximate surface area is 175 Å². The lowest BCUT2D eigenvalue weighted by Crippen LogP contribution is -2.27. The van der Waals surface area contributed by atoms with Crippen molar-refractivity contribution in [3.63, 3.8) is 0 Å². The van der Waals surface area contributed by atoms with Crippen molar-refractivity contribution in [2.75, 3.05) is 18.5 Å². The Balaban J connectivity index is 1.76. The van der Waals surface area contributed by atoms with Crippen LogP contribution in [0.4, 0.5) is 29.1 Å². The summed E-state index contributed by atoms with van der Waals surface area (Å²) in [6.07, 6.45) is -2.65. The zero-order valence-electron chi connectivity index (χ0n) is 16.2. The van der Waals surface area contributed by atoms with Crippen LogP contribution in [-0.2, 0) is 12.6 Å². The lowest BCUT2D eigenvalue weighted by Gasteiger charge is -2.11. The van der Waals surface area contributed by atoms with Crippen LogP contribution in [-0.4, -0.2) is 29.1 Å². The van der Waals surface area contributed by atoms with Gasteiger partial charge in [-0.1, -0.05) is 18.2 Å². The lowest BCUT2D eigenvalue weighted by atomic mass is 10.0. The van der Waals surface area contributed by atoms with Gasteiger partial charge in [0.1, 0.15) is 11.6 Å². The molecule has 0 aliphatic heterocycles. The number of carbonyl (C=O) groups excluding carboxylic acids is 1. The fraction of sp³-hybridized carbons (Fsp3) is 0.182. The van der Waals surface area contributed by atoms with Gasteiger partial charge >= 0.3 is 6.18 Å². The average Bonchev–Trinajstić information content (AvgIpc) is 2.73. The molecule has 0 spiro atoms. The molecule has 5 nitrogen and oxygen atoms in total. The fourth-order valence-corrected chi connectivity index (χ4v) is 2.94. The van der Waals surface area contributed by atoms with Crippen molar-refractivity contribution in [3.8, 4) is 0 Å². The molecular weight excluding hydrogens is 414 g/mol. The van der Waals surface area contributed by atoms with E-state index in [1.807, 2.05) is 0 Å².